The van der Waals surface area contributed by atoms with Gasteiger partial charge in [-0.2, -0.15) is 5.10 Å². The molecule has 0 aromatic heterocycles. The summed E-state index contributed by atoms with van der Waals surface area (Å²) in [6.07, 6.45) is 5.73. The average Bonchev–Trinajstić information content (AvgIpc) is 2.04. The molecule has 0 aromatic rings. The van der Waals surface area contributed by atoms with Crippen LogP contribution in [-0.4, -0.2) is 17.9 Å². The Morgan fingerprint density at radius 1 is 1.33 bits per heavy atom. The Hall–Kier alpha value is -0.770. The van der Waals surface area contributed by atoms with Crippen molar-refractivity contribution in [3.05, 3.63) is 0 Å². The Balaban J connectivity index is 3.47. The number of unbranched alkanes of at least 4 members (excludes halogenated alkanes) is 3. The molecule has 0 heterocycles. The number of hydrogen-bond acceptors (Lipinski definition) is 3. The van der Waals surface area contributed by atoms with E-state index < -0.39 is 0 Å². The van der Waals surface area contributed by atoms with E-state index in [1.165, 1.54) is 24.3 Å². The second-order valence-electron chi connectivity index (χ2n) is 2.97. The Kier molecular flexibility index (Phi) is 6.47. The van der Waals surface area contributed by atoms with Gasteiger partial charge in [-0.15, -0.1) is 0 Å². The van der Waals surface area contributed by atoms with Crippen molar-refractivity contribution in [3.63, 3.8) is 0 Å². The van der Waals surface area contributed by atoms with E-state index in [1.54, 1.807) is 7.05 Å². The van der Waals surface area contributed by atoms with Gasteiger partial charge in [-0.05, 0) is 6.42 Å². The van der Waals surface area contributed by atoms with E-state index in [-0.39, 0.29) is 0 Å². The first-order valence-electron chi connectivity index (χ1n) is 4.47. The van der Waals surface area contributed by atoms with Gasteiger partial charge in [0.25, 0.3) is 0 Å². The third kappa shape index (κ3) is 4.96. The Labute approximate surface area is 74.6 Å². The van der Waals surface area contributed by atoms with Gasteiger partial charge < -0.3 is 10.9 Å². The molecule has 0 fully saturated rings. The maximum atomic E-state index is 5.48. The highest BCUT2D eigenvalue weighted by molar-refractivity contribution is 5.81. The van der Waals surface area contributed by atoms with Crippen molar-refractivity contribution in [1.82, 2.24) is 5.01 Å². The van der Waals surface area contributed by atoms with Crippen LogP contribution in [0.5, 0.6) is 0 Å². The van der Waals surface area contributed by atoms with Gasteiger partial charge in [-0.3, -0.25) is 0 Å². The first-order valence-corrected chi connectivity index (χ1v) is 4.47. The van der Waals surface area contributed by atoms with E-state index in [2.05, 4.69) is 12.0 Å². The lowest BCUT2D eigenvalue weighted by Gasteiger charge is -2.13. The highest BCUT2D eigenvalue weighted by Crippen LogP contribution is 2.03. The third-order valence-corrected chi connectivity index (χ3v) is 1.81. The van der Waals surface area contributed by atoms with E-state index in [0.29, 0.717) is 0 Å². The first kappa shape index (κ1) is 11.2. The monoisotopic (exact) mass is 172 g/mol. The zero-order chi connectivity index (χ0) is 9.40. The van der Waals surface area contributed by atoms with Crippen LogP contribution in [0.3, 0.4) is 0 Å². The molecule has 0 spiro atoms. The summed E-state index contributed by atoms with van der Waals surface area (Å²) in [6.45, 7) is 2.19. The lowest BCUT2D eigenvalue weighted by Crippen LogP contribution is -2.33. The van der Waals surface area contributed by atoms with Crippen LogP contribution in [0.25, 0.3) is 0 Å². The molecule has 12 heavy (non-hydrogen) atoms. The molecule has 0 amide bonds. The third-order valence-electron chi connectivity index (χ3n) is 1.81. The minimum atomic E-state index is 0.770. The van der Waals surface area contributed by atoms with Crippen molar-refractivity contribution < 1.29 is 0 Å². The molecular formula is C8H20N4. The van der Waals surface area contributed by atoms with Gasteiger partial charge in [0.15, 0.2) is 0 Å². The standard InChI is InChI=1S/C8H20N4/c1-3-4-5-6-7-8(11-9)12(2)10/h3-7,9-10H2,1-2H3/b11-8-. The zero-order valence-electron chi connectivity index (χ0n) is 8.08. The van der Waals surface area contributed by atoms with Crippen LogP contribution in [0.15, 0.2) is 5.10 Å². The van der Waals surface area contributed by atoms with E-state index in [1.807, 2.05) is 0 Å². The number of rotatable bonds is 5. The molecule has 0 aromatic carbocycles. The summed E-state index contributed by atoms with van der Waals surface area (Å²) >= 11 is 0. The number of hydrazone groups is 1. The van der Waals surface area contributed by atoms with Gasteiger partial charge in [0, 0.05) is 13.5 Å². The molecular weight excluding hydrogens is 152 g/mol. The maximum Gasteiger partial charge on any atom is 0.138 e. The van der Waals surface area contributed by atoms with Crippen molar-refractivity contribution in [1.29, 1.82) is 0 Å². The van der Waals surface area contributed by atoms with Gasteiger partial charge in [-0.25, -0.2) is 5.84 Å². The molecule has 0 saturated carbocycles. The topological polar surface area (TPSA) is 67.6 Å². The molecule has 0 bridgehead atoms. The van der Waals surface area contributed by atoms with Crippen molar-refractivity contribution in [2.24, 2.45) is 16.8 Å². The molecule has 4 heteroatoms. The number of amidine groups is 1. The molecule has 0 atom stereocenters. The molecule has 0 rings (SSSR count). The van der Waals surface area contributed by atoms with Crippen molar-refractivity contribution in [3.8, 4) is 0 Å². The van der Waals surface area contributed by atoms with Crippen LogP contribution >= 0.6 is 0 Å². The Morgan fingerprint density at radius 3 is 2.42 bits per heavy atom. The molecule has 0 aliphatic rings. The average molecular weight is 172 g/mol. The second kappa shape index (κ2) is 6.91. The van der Waals surface area contributed by atoms with Crippen LogP contribution in [0, 0.1) is 0 Å². The highest BCUT2D eigenvalue weighted by Gasteiger charge is 2.00. The largest absolute Gasteiger partial charge is 0.322 e. The quantitative estimate of drug-likeness (QED) is 0.214. The van der Waals surface area contributed by atoms with Crippen LogP contribution in [0.1, 0.15) is 39.0 Å². The molecule has 0 saturated heterocycles. The SMILES string of the molecule is CCCCCC/C(=N/N)N(C)N. The number of nitrogens with two attached hydrogens (primary N) is 2. The van der Waals surface area contributed by atoms with Crippen LogP contribution < -0.4 is 11.7 Å². The lowest BCUT2D eigenvalue weighted by molar-refractivity contribution is 0.514. The summed E-state index contributed by atoms with van der Waals surface area (Å²) in [5, 5.41) is 5.08. The summed E-state index contributed by atoms with van der Waals surface area (Å²) < 4.78 is 0. The van der Waals surface area contributed by atoms with E-state index in [4.69, 9.17) is 11.7 Å². The number of nitrogens with zero attached hydrogens (tertiary/aromatic N) is 2. The minimum Gasteiger partial charge on any atom is -0.322 e. The fourth-order valence-electron chi connectivity index (χ4n) is 1.04. The lowest BCUT2D eigenvalue weighted by atomic mass is 10.1. The molecule has 0 aliphatic heterocycles. The van der Waals surface area contributed by atoms with E-state index >= 15 is 0 Å². The summed E-state index contributed by atoms with van der Waals surface area (Å²) in [7, 11) is 1.76. The van der Waals surface area contributed by atoms with E-state index in [0.717, 1.165) is 18.7 Å². The van der Waals surface area contributed by atoms with Crippen molar-refractivity contribution in [2.45, 2.75) is 39.0 Å². The van der Waals surface area contributed by atoms with Crippen molar-refractivity contribution >= 4 is 5.84 Å². The van der Waals surface area contributed by atoms with Crippen LogP contribution in [0.4, 0.5) is 0 Å². The molecule has 72 valence electrons. The fourth-order valence-corrected chi connectivity index (χ4v) is 1.04. The van der Waals surface area contributed by atoms with Gasteiger partial charge in [0.05, 0.1) is 0 Å². The molecule has 0 unspecified atom stereocenters. The predicted molar refractivity (Wildman–Crippen MR) is 52.3 cm³/mol. The van der Waals surface area contributed by atoms with Crippen LogP contribution in [0.2, 0.25) is 0 Å². The number of hydrazine groups is 1. The van der Waals surface area contributed by atoms with Crippen molar-refractivity contribution in [2.75, 3.05) is 7.05 Å². The highest BCUT2D eigenvalue weighted by atomic mass is 15.4. The summed E-state index contributed by atoms with van der Waals surface area (Å²) in [5.74, 6) is 11.4. The first-order chi connectivity index (χ1) is 5.72. The van der Waals surface area contributed by atoms with Gasteiger partial charge in [0.1, 0.15) is 5.84 Å². The number of hydrogen-bond donors (Lipinski definition) is 2. The van der Waals surface area contributed by atoms with E-state index in [9.17, 15) is 0 Å². The van der Waals surface area contributed by atoms with Gasteiger partial charge in [0.2, 0.25) is 0 Å². The van der Waals surface area contributed by atoms with Gasteiger partial charge in [-0.1, -0.05) is 26.2 Å². The predicted octanol–water partition coefficient (Wildman–Crippen LogP) is 1.03. The zero-order valence-corrected chi connectivity index (χ0v) is 8.08. The minimum absolute atomic E-state index is 0.770. The Bertz CT molecular complexity index is 131. The molecule has 0 radical (unpaired) electrons. The summed E-state index contributed by atoms with van der Waals surface area (Å²) in [4.78, 5) is 0. The smallest absolute Gasteiger partial charge is 0.138 e. The van der Waals surface area contributed by atoms with Crippen LogP contribution in [-0.2, 0) is 0 Å². The second-order valence-corrected chi connectivity index (χ2v) is 2.97. The maximum absolute atomic E-state index is 5.48. The molecule has 0 aliphatic carbocycles. The Morgan fingerprint density at radius 2 is 2.00 bits per heavy atom. The summed E-state index contributed by atoms with van der Waals surface area (Å²) in [5.41, 5.74) is 0. The molecule has 4 N–H and O–H groups in total. The molecule has 4 nitrogen and oxygen atoms in total. The normalized spacial score (nSPS) is 11.8. The summed E-state index contributed by atoms with van der Waals surface area (Å²) in [6, 6.07) is 0. The fraction of sp³-hybridized carbons (Fsp3) is 0.875. The van der Waals surface area contributed by atoms with Gasteiger partial charge >= 0.3 is 0 Å².